The summed E-state index contributed by atoms with van der Waals surface area (Å²) in [5, 5.41) is 0. The van der Waals surface area contributed by atoms with Crippen LogP contribution in [0.25, 0.3) is 0 Å². The van der Waals surface area contributed by atoms with Gasteiger partial charge in [-0.25, -0.2) is 8.78 Å². The van der Waals surface area contributed by atoms with Gasteiger partial charge in [0.25, 0.3) is 5.91 Å². The van der Waals surface area contributed by atoms with Crippen molar-refractivity contribution in [2.45, 2.75) is 18.6 Å². The molecule has 2 bridgehead atoms. The van der Waals surface area contributed by atoms with Crippen molar-refractivity contribution < 1.29 is 18.3 Å². The van der Waals surface area contributed by atoms with Crippen molar-refractivity contribution in [3.63, 3.8) is 0 Å². The Balaban J connectivity index is 1.96. The first-order valence-corrected chi connectivity index (χ1v) is 6.43. The smallest absolute Gasteiger partial charge is 0.260 e. The summed E-state index contributed by atoms with van der Waals surface area (Å²) in [5.41, 5.74) is -0.489. The van der Waals surface area contributed by atoms with E-state index >= 15 is 0 Å². The first-order valence-electron chi connectivity index (χ1n) is 5.64. The number of rotatable bonds is 1. The minimum absolute atomic E-state index is 0.0113. The summed E-state index contributed by atoms with van der Waals surface area (Å²) in [5.74, 6) is -2.27. The maximum atomic E-state index is 13.8. The third-order valence-corrected chi connectivity index (χ3v) is 4.03. The lowest BCUT2D eigenvalue weighted by molar-refractivity contribution is 0.0253. The van der Waals surface area contributed by atoms with Crippen LogP contribution in [-0.2, 0) is 4.74 Å². The molecule has 2 fully saturated rings. The zero-order chi connectivity index (χ0) is 12.9. The first-order chi connectivity index (χ1) is 8.58. The Labute approximate surface area is 111 Å². The molecule has 1 aromatic carbocycles. The van der Waals surface area contributed by atoms with Gasteiger partial charge in [0.2, 0.25) is 0 Å². The number of halogens is 3. The number of carbonyl (C=O) groups excluding carboxylic acids is 1. The summed E-state index contributed by atoms with van der Waals surface area (Å²) in [6.07, 6.45) is 0.764. The number of benzene rings is 1. The van der Waals surface area contributed by atoms with Gasteiger partial charge < -0.3 is 9.64 Å². The Morgan fingerprint density at radius 2 is 2.22 bits per heavy atom. The van der Waals surface area contributed by atoms with E-state index in [0.29, 0.717) is 13.2 Å². The minimum Gasteiger partial charge on any atom is -0.374 e. The molecule has 2 saturated heterocycles. The summed E-state index contributed by atoms with van der Waals surface area (Å²) in [4.78, 5) is 13.7. The van der Waals surface area contributed by atoms with Gasteiger partial charge in [-0.05, 0) is 34.5 Å². The number of carbonyl (C=O) groups is 1. The van der Waals surface area contributed by atoms with Crippen LogP contribution in [0.2, 0.25) is 0 Å². The van der Waals surface area contributed by atoms with E-state index in [-0.39, 0.29) is 16.6 Å². The van der Waals surface area contributed by atoms with E-state index in [0.717, 1.165) is 12.5 Å². The lowest BCUT2D eigenvalue weighted by Crippen LogP contribution is -2.42. The molecule has 2 aliphatic rings. The van der Waals surface area contributed by atoms with E-state index in [2.05, 4.69) is 15.9 Å². The molecule has 1 aromatic rings. The number of ether oxygens (including phenoxy) is 1. The molecule has 2 atom stereocenters. The lowest BCUT2D eigenvalue weighted by atomic mass is 10.1. The molecule has 0 radical (unpaired) electrons. The number of fused-ring (bicyclic) bond motifs is 2. The standard InChI is InChI=1S/C12H10BrF2NO2/c13-8-1-2-9(14)10(11(8)15)12(17)16-4-7-3-6(16)5-18-7/h1-2,6-7H,3-5H2/t6-,7-/m1/s1. The summed E-state index contributed by atoms with van der Waals surface area (Å²) >= 11 is 2.96. The van der Waals surface area contributed by atoms with Crippen molar-refractivity contribution in [1.82, 2.24) is 4.90 Å². The number of likely N-dealkylation sites (tertiary alicyclic amines) is 1. The molecule has 0 unspecified atom stereocenters. The minimum atomic E-state index is -0.844. The summed E-state index contributed by atoms with van der Waals surface area (Å²) in [7, 11) is 0. The molecular weight excluding hydrogens is 308 g/mol. The Hall–Kier alpha value is -1.01. The molecule has 18 heavy (non-hydrogen) atoms. The predicted octanol–water partition coefficient (Wildman–Crippen LogP) is 2.34. The van der Waals surface area contributed by atoms with Crippen LogP contribution in [0, 0.1) is 11.6 Å². The Morgan fingerprint density at radius 3 is 2.83 bits per heavy atom. The number of nitrogens with zero attached hydrogens (tertiary/aromatic N) is 1. The third-order valence-electron chi connectivity index (χ3n) is 3.42. The third kappa shape index (κ3) is 1.75. The van der Waals surface area contributed by atoms with E-state index in [1.165, 1.54) is 11.0 Å². The highest BCUT2D eigenvalue weighted by molar-refractivity contribution is 9.10. The second-order valence-electron chi connectivity index (χ2n) is 4.52. The second kappa shape index (κ2) is 4.28. The average Bonchev–Trinajstić information content (AvgIpc) is 2.96. The topological polar surface area (TPSA) is 29.5 Å². The maximum absolute atomic E-state index is 13.8. The molecule has 6 heteroatoms. The second-order valence-corrected chi connectivity index (χ2v) is 5.37. The normalized spacial score (nSPS) is 25.8. The van der Waals surface area contributed by atoms with Gasteiger partial charge in [0.1, 0.15) is 11.4 Å². The van der Waals surface area contributed by atoms with E-state index in [1.54, 1.807) is 0 Å². The van der Waals surface area contributed by atoms with Crippen molar-refractivity contribution in [3.05, 3.63) is 33.8 Å². The molecule has 3 rings (SSSR count). The molecule has 2 heterocycles. The highest BCUT2D eigenvalue weighted by Gasteiger charge is 2.42. The SMILES string of the molecule is O=C(c1c(F)ccc(Br)c1F)N1C[C@H]2C[C@@H]1CO2. The van der Waals surface area contributed by atoms with Crippen LogP contribution in [0.3, 0.4) is 0 Å². The quantitative estimate of drug-likeness (QED) is 0.744. The van der Waals surface area contributed by atoms with Gasteiger partial charge in [-0.15, -0.1) is 0 Å². The van der Waals surface area contributed by atoms with Gasteiger partial charge in [-0.2, -0.15) is 0 Å². The van der Waals surface area contributed by atoms with Gasteiger partial charge in [0.05, 0.1) is 23.2 Å². The average molecular weight is 318 g/mol. The molecule has 96 valence electrons. The fraction of sp³-hybridized carbons (Fsp3) is 0.417. The Bertz CT molecular complexity index is 523. The van der Waals surface area contributed by atoms with Crippen LogP contribution in [0.15, 0.2) is 16.6 Å². The van der Waals surface area contributed by atoms with Gasteiger partial charge in [0.15, 0.2) is 5.82 Å². The molecule has 3 nitrogen and oxygen atoms in total. The first kappa shape index (κ1) is 12.0. The largest absolute Gasteiger partial charge is 0.374 e. The Morgan fingerprint density at radius 1 is 1.44 bits per heavy atom. The summed E-state index contributed by atoms with van der Waals surface area (Å²) in [6.45, 7) is 0.864. The number of amides is 1. The highest BCUT2D eigenvalue weighted by atomic mass is 79.9. The van der Waals surface area contributed by atoms with Crippen LogP contribution < -0.4 is 0 Å². The van der Waals surface area contributed by atoms with Crippen molar-refractivity contribution in [2.24, 2.45) is 0 Å². The van der Waals surface area contributed by atoms with Crippen LogP contribution in [-0.4, -0.2) is 36.1 Å². The maximum Gasteiger partial charge on any atom is 0.260 e. The number of morpholine rings is 1. The predicted molar refractivity (Wildman–Crippen MR) is 63.2 cm³/mol. The van der Waals surface area contributed by atoms with Crippen LogP contribution in [0.4, 0.5) is 8.78 Å². The van der Waals surface area contributed by atoms with E-state index in [9.17, 15) is 13.6 Å². The van der Waals surface area contributed by atoms with Crippen LogP contribution in [0.5, 0.6) is 0 Å². The van der Waals surface area contributed by atoms with Crippen molar-refractivity contribution in [1.29, 1.82) is 0 Å². The fourth-order valence-corrected chi connectivity index (χ4v) is 2.85. The van der Waals surface area contributed by atoms with Gasteiger partial charge in [-0.3, -0.25) is 4.79 Å². The zero-order valence-corrected chi connectivity index (χ0v) is 10.9. The van der Waals surface area contributed by atoms with E-state index < -0.39 is 23.1 Å². The number of hydrogen-bond acceptors (Lipinski definition) is 2. The molecule has 0 saturated carbocycles. The summed E-state index contributed by atoms with van der Waals surface area (Å²) in [6, 6.07) is 2.28. The molecule has 1 amide bonds. The Kier molecular flexibility index (Phi) is 2.86. The van der Waals surface area contributed by atoms with Crippen LogP contribution in [0.1, 0.15) is 16.8 Å². The molecule has 0 aromatic heterocycles. The highest BCUT2D eigenvalue weighted by Crippen LogP contribution is 2.31. The van der Waals surface area contributed by atoms with E-state index in [1.807, 2.05) is 0 Å². The molecule has 2 aliphatic heterocycles. The van der Waals surface area contributed by atoms with Crippen molar-refractivity contribution in [2.75, 3.05) is 13.2 Å². The van der Waals surface area contributed by atoms with Crippen molar-refractivity contribution in [3.8, 4) is 0 Å². The molecule has 0 N–H and O–H groups in total. The molecule has 0 spiro atoms. The lowest BCUT2D eigenvalue weighted by Gasteiger charge is -2.27. The van der Waals surface area contributed by atoms with E-state index in [4.69, 9.17) is 4.74 Å². The number of hydrogen-bond donors (Lipinski definition) is 0. The summed E-state index contributed by atoms with van der Waals surface area (Å²) < 4.78 is 32.9. The molecule has 0 aliphatic carbocycles. The van der Waals surface area contributed by atoms with Gasteiger partial charge in [0, 0.05) is 6.54 Å². The van der Waals surface area contributed by atoms with Gasteiger partial charge in [-0.1, -0.05) is 0 Å². The zero-order valence-electron chi connectivity index (χ0n) is 9.33. The van der Waals surface area contributed by atoms with Crippen LogP contribution >= 0.6 is 15.9 Å². The van der Waals surface area contributed by atoms with Gasteiger partial charge >= 0.3 is 0 Å². The molecular formula is C12H10BrF2NO2. The monoisotopic (exact) mass is 317 g/mol. The fourth-order valence-electron chi connectivity index (χ4n) is 2.52. The van der Waals surface area contributed by atoms with Crippen molar-refractivity contribution >= 4 is 21.8 Å².